The standard InChI is InChI=1S/C9H10O2/c1-7(11-2)8-5-3-4-6-9(8)10/h3-6,10H,1H2,2H3. The van der Waals surface area contributed by atoms with E-state index in [2.05, 4.69) is 6.58 Å². The molecule has 0 amide bonds. The lowest BCUT2D eigenvalue weighted by Gasteiger charge is -2.04. The predicted molar refractivity (Wildman–Crippen MR) is 44.1 cm³/mol. The second kappa shape index (κ2) is 3.10. The first-order chi connectivity index (χ1) is 5.25. The topological polar surface area (TPSA) is 29.5 Å². The van der Waals surface area contributed by atoms with Gasteiger partial charge < -0.3 is 9.84 Å². The Morgan fingerprint density at radius 2 is 2.09 bits per heavy atom. The van der Waals surface area contributed by atoms with Crippen molar-refractivity contribution in [3.05, 3.63) is 36.4 Å². The highest BCUT2D eigenvalue weighted by atomic mass is 16.5. The lowest BCUT2D eigenvalue weighted by molar-refractivity contribution is 0.367. The third-order valence-electron chi connectivity index (χ3n) is 1.45. The fourth-order valence-corrected chi connectivity index (χ4v) is 0.819. The number of hydrogen-bond donors (Lipinski definition) is 1. The van der Waals surface area contributed by atoms with Crippen molar-refractivity contribution in [1.29, 1.82) is 0 Å². The highest BCUT2D eigenvalue weighted by Crippen LogP contribution is 2.22. The monoisotopic (exact) mass is 150 g/mol. The average molecular weight is 150 g/mol. The van der Waals surface area contributed by atoms with Crippen molar-refractivity contribution in [1.82, 2.24) is 0 Å². The molecule has 0 heterocycles. The van der Waals surface area contributed by atoms with E-state index in [4.69, 9.17) is 4.74 Å². The van der Waals surface area contributed by atoms with E-state index >= 15 is 0 Å². The third kappa shape index (κ3) is 1.52. The van der Waals surface area contributed by atoms with Gasteiger partial charge in [0.05, 0.1) is 12.7 Å². The molecule has 0 radical (unpaired) electrons. The minimum absolute atomic E-state index is 0.194. The van der Waals surface area contributed by atoms with Gasteiger partial charge in [0.25, 0.3) is 0 Å². The summed E-state index contributed by atoms with van der Waals surface area (Å²) >= 11 is 0. The third-order valence-corrected chi connectivity index (χ3v) is 1.45. The predicted octanol–water partition coefficient (Wildman–Crippen LogP) is 2.01. The first-order valence-electron chi connectivity index (χ1n) is 3.27. The molecule has 11 heavy (non-hydrogen) atoms. The molecule has 58 valence electrons. The van der Waals surface area contributed by atoms with Gasteiger partial charge >= 0.3 is 0 Å². The van der Waals surface area contributed by atoms with E-state index in [0.29, 0.717) is 11.3 Å². The van der Waals surface area contributed by atoms with Gasteiger partial charge in [0, 0.05) is 0 Å². The number of para-hydroxylation sites is 1. The minimum Gasteiger partial charge on any atom is -0.507 e. The molecule has 2 heteroatoms. The number of phenolic OH excluding ortho intramolecular Hbond substituents is 1. The quantitative estimate of drug-likeness (QED) is 0.653. The molecule has 0 aliphatic carbocycles. The van der Waals surface area contributed by atoms with Crippen LogP contribution in [0.3, 0.4) is 0 Å². The highest BCUT2D eigenvalue weighted by molar-refractivity contribution is 5.63. The number of ether oxygens (including phenoxy) is 1. The number of methoxy groups -OCH3 is 1. The van der Waals surface area contributed by atoms with Crippen LogP contribution in [0.1, 0.15) is 5.56 Å². The number of rotatable bonds is 2. The zero-order valence-electron chi connectivity index (χ0n) is 6.37. The van der Waals surface area contributed by atoms with Crippen LogP contribution in [0.5, 0.6) is 5.75 Å². The van der Waals surface area contributed by atoms with Gasteiger partial charge in [-0.05, 0) is 12.1 Å². The van der Waals surface area contributed by atoms with E-state index in [1.165, 1.54) is 7.11 Å². The Kier molecular flexibility index (Phi) is 2.16. The van der Waals surface area contributed by atoms with Gasteiger partial charge in [0.15, 0.2) is 0 Å². The van der Waals surface area contributed by atoms with Crippen LogP contribution in [-0.2, 0) is 4.74 Å². The van der Waals surface area contributed by atoms with Crippen molar-refractivity contribution >= 4 is 5.76 Å². The Bertz CT molecular complexity index is 266. The van der Waals surface area contributed by atoms with Gasteiger partial charge in [-0.3, -0.25) is 0 Å². The normalized spacial score (nSPS) is 9.18. The van der Waals surface area contributed by atoms with Crippen LogP contribution >= 0.6 is 0 Å². The largest absolute Gasteiger partial charge is 0.507 e. The van der Waals surface area contributed by atoms with Crippen LogP contribution in [0.25, 0.3) is 5.76 Å². The van der Waals surface area contributed by atoms with Crippen molar-refractivity contribution in [2.24, 2.45) is 0 Å². The van der Waals surface area contributed by atoms with Crippen LogP contribution in [0, 0.1) is 0 Å². The molecule has 0 fully saturated rings. The van der Waals surface area contributed by atoms with Crippen LogP contribution in [-0.4, -0.2) is 12.2 Å². The Balaban J connectivity index is 3.03. The van der Waals surface area contributed by atoms with E-state index in [1.54, 1.807) is 18.2 Å². The molecular formula is C9H10O2. The summed E-state index contributed by atoms with van der Waals surface area (Å²) in [6.07, 6.45) is 0. The molecule has 0 bridgehead atoms. The van der Waals surface area contributed by atoms with Gasteiger partial charge in [-0.1, -0.05) is 18.7 Å². The summed E-state index contributed by atoms with van der Waals surface area (Å²) in [5.74, 6) is 0.669. The summed E-state index contributed by atoms with van der Waals surface area (Å²) in [7, 11) is 1.52. The Morgan fingerprint density at radius 1 is 1.45 bits per heavy atom. The van der Waals surface area contributed by atoms with E-state index in [1.807, 2.05) is 6.07 Å². The maximum atomic E-state index is 9.27. The SMILES string of the molecule is C=C(OC)c1ccccc1O. The molecule has 1 N–H and O–H groups in total. The summed E-state index contributed by atoms with van der Waals surface area (Å²) in [6.45, 7) is 3.62. The highest BCUT2D eigenvalue weighted by Gasteiger charge is 2.02. The lowest BCUT2D eigenvalue weighted by Crippen LogP contribution is -1.84. The van der Waals surface area contributed by atoms with E-state index in [-0.39, 0.29) is 5.75 Å². The van der Waals surface area contributed by atoms with E-state index in [9.17, 15) is 5.11 Å². The fraction of sp³-hybridized carbons (Fsp3) is 0.111. The second-order valence-electron chi connectivity index (χ2n) is 2.14. The molecule has 0 saturated heterocycles. The maximum Gasteiger partial charge on any atom is 0.126 e. The number of benzene rings is 1. The molecule has 0 aliphatic heterocycles. The van der Waals surface area contributed by atoms with Gasteiger partial charge in [-0.2, -0.15) is 0 Å². The molecule has 0 saturated carbocycles. The minimum atomic E-state index is 0.194. The number of hydrogen-bond acceptors (Lipinski definition) is 2. The second-order valence-corrected chi connectivity index (χ2v) is 2.14. The fourth-order valence-electron chi connectivity index (χ4n) is 0.819. The summed E-state index contributed by atoms with van der Waals surface area (Å²) in [4.78, 5) is 0. The summed E-state index contributed by atoms with van der Waals surface area (Å²) in [5.41, 5.74) is 0.634. The van der Waals surface area contributed by atoms with Crippen LogP contribution in [0.15, 0.2) is 30.8 Å². The van der Waals surface area contributed by atoms with Crippen LogP contribution in [0.2, 0.25) is 0 Å². The molecule has 1 aromatic rings. The van der Waals surface area contributed by atoms with Gasteiger partial charge in [0.1, 0.15) is 11.5 Å². The summed E-state index contributed by atoms with van der Waals surface area (Å²) in [5, 5.41) is 9.27. The van der Waals surface area contributed by atoms with E-state index in [0.717, 1.165) is 0 Å². The summed E-state index contributed by atoms with van der Waals surface area (Å²) < 4.78 is 4.86. The van der Waals surface area contributed by atoms with Crippen LogP contribution in [0.4, 0.5) is 0 Å². The molecule has 1 aromatic carbocycles. The van der Waals surface area contributed by atoms with Crippen molar-refractivity contribution in [2.75, 3.05) is 7.11 Å². The Hall–Kier alpha value is -1.44. The maximum absolute atomic E-state index is 9.27. The van der Waals surface area contributed by atoms with Crippen LogP contribution < -0.4 is 0 Å². The molecule has 0 unspecified atom stereocenters. The molecule has 0 aliphatic rings. The van der Waals surface area contributed by atoms with E-state index < -0.39 is 0 Å². The molecule has 0 atom stereocenters. The smallest absolute Gasteiger partial charge is 0.126 e. The molecule has 2 nitrogen and oxygen atoms in total. The van der Waals surface area contributed by atoms with Crippen molar-refractivity contribution in [2.45, 2.75) is 0 Å². The van der Waals surface area contributed by atoms with Gasteiger partial charge in [0.2, 0.25) is 0 Å². The average Bonchev–Trinajstić information content (AvgIpc) is 2.04. The van der Waals surface area contributed by atoms with Crippen molar-refractivity contribution < 1.29 is 9.84 Å². The molecule has 0 aromatic heterocycles. The first-order valence-corrected chi connectivity index (χ1v) is 3.27. The molecule has 1 rings (SSSR count). The Labute approximate surface area is 65.7 Å². The van der Waals surface area contributed by atoms with Gasteiger partial charge in [-0.15, -0.1) is 0 Å². The van der Waals surface area contributed by atoms with Crippen molar-refractivity contribution in [3.8, 4) is 5.75 Å². The van der Waals surface area contributed by atoms with Crippen molar-refractivity contribution in [3.63, 3.8) is 0 Å². The zero-order valence-corrected chi connectivity index (χ0v) is 6.37. The lowest BCUT2D eigenvalue weighted by atomic mass is 10.2. The van der Waals surface area contributed by atoms with Gasteiger partial charge in [-0.25, -0.2) is 0 Å². The Morgan fingerprint density at radius 3 is 2.64 bits per heavy atom. The molecule has 0 spiro atoms. The summed E-state index contributed by atoms with van der Waals surface area (Å²) in [6, 6.07) is 6.92. The number of phenols is 1. The number of aromatic hydroxyl groups is 1. The zero-order chi connectivity index (χ0) is 8.27. The molecular weight excluding hydrogens is 140 g/mol. The first kappa shape index (κ1) is 7.66.